The van der Waals surface area contributed by atoms with Crippen molar-refractivity contribution in [2.75, 3.05) is 0 Å². The zero-order chi connectivity index (χ0) is 13.8. The molecule has 1 N–H and O–H groups in total. The van der Waals surface area contributed by atoms with Crippen LogP contribution in [0.4, 0.5) is 4.39 Å². The molecule has 2 aromatic carbocycles. The molecule has 0 aromatic heterocycles. The van der Waals surface area contributed by atoms with Crippen LogP contribution in [0.1, 0.15) is 37.1 Å². The predicted octanol–water partition coefficient (Wildman–Crippen LogP) is 4.89. The average molecular weight is 278 g/mol. The molecule has 3 heteroatoms. The normalized spacial score (nSPS) is 14.1. The van der Waals surface area contributed by atoms with Gasteiger partial charge in [-0.2, -0.15) is 0 Å². The van der Waals surface area contributed by atoms with Gasteiger partial charge in [0.2, 0.25) is 0 Å². The van der Waals surface area contributed by atoms with Crippen LogP contribution in [-0.4, -0.2) is 0 Å². The third kappa shape index (κ3) is 3.55. The Kier molecular flexibility index (Phi) is 4.56. The van der Waals surface area contributed by atoms with Gasteiger partial charge in [-0.25, -0.2) is 4.39 Å². The van der Waals surface area contributed by atoms with Crippen LogP contribution >= 0.6 is 11.6 Å². The molecule has 2 unspecified atom stereocenters. The number of nitrogens with one attached hydrogen (secondary N) is 1. The van der Waals surface area contributed by atoms with E-state index in [2.05, 4.69) is 24.4 Å². The molecule has 0 heterocycles. The van der Waals surface area contributed by atoms with Crippen LogP contribution in [0.15, 0.2) is 48.5 Å². The molecule has 2 aromatic rings. The first-order chi connectivity index (χ1) is 9.08. The summed E-state index contributed by atoms with van der Waals surface area (Å²) >= 11 is 6.07. The van der Waals surface area contributed by atoms with Crippen molar-refractivity contribution in [3.8, 4) is 0 Å². The molecule has 100 valence electrons. The van der Waals surface area contributed by atoms with Crippen LogP contribution in [0.2, 0.25) is 5.02 Å². The zero-order valence-corrected chi connectivity index (χ0v) is 11.8. The van der Waals surface area contributed by atoms with Gasteiger partial charge in [0.15, 0.2) is 0 Å². The summed E-state index contributed by atoms with van der Waals surface area (Å²) in [5.74, 6) is -0.308. The first kappa shape index (κ1) is 14.0. The van der Waals surface area contributed by atoms with Gasteiger partial charge in [-0.15, -0.1) is 0 Å². The summed E-state index contributed by atoms with van der Waals surface area (Å²) in [4.78, 5) is 0. The molecule has 0 fully saturated rings. The molecule has 0 bridgehead atoms. The number of halogens is 2. The van der Waals surface area contributed by atoms with Crippen LogP contribution in [0.3, 0.4) is 0 Å². The van der Waals surface area contributed by atoms with Gasteiger partial charge in [0.05, 0.1) is 0 Å². The van der Waals surface area contributed by atoms with E-state index >= 15 is 0 Å². The van der Waals surface area contributed by atoms with Gasteiger partial charge < -0.3 is 5.32 Å². The molecule has 0 aliphatic rings. The van der Waals surface area contributed by atoms with E-state index in [4.69, 9.17) is 11.6 Å². The zero-order valence-electron chi connectivity index (χ0n) is 11.0. The Labute approximate surface area is 118 Å². The van der Waals surface area contributed by atoms with Gasteiger partial charge >= 0.3 is 0 Å². The van der Waals surface area contributed by atoms with Crippen molar-refractivity contribution in [2.45, 2.75) is 25.9 Å². The Bertz CT molecular complexity index is 542. The average Bonchev–Trinajstić information content (AvgIpc) is 2.39. The summed E-state index contributed by atoms with van der Waals surface area (Å²) in [5.41, 5.74) is 2.12. The maximum atomic E-state index is 13.0. The van der Waals surface area contributed by atoms with Crippen molar-refractivity contribution in [2.24, 2.45) is 0 Å². The fraction of sp³-hybridized carbons (Fsp3) is 0.250. The van der Waals surface area contributed by atoms with Gasteiger partial charge in [0, 0.05) is 17.1 Å². The molecule has 0 amide bonds. The van der Waals surface area contributed by atoms with Gasteiger partial charge in [0.1, 0.15) is 5.82 Å². The lowest BCUT2D eigenvalue weighted by Crippen LogP contribution is -2.22. The highest BCUT2D eigenvalue weighted by Gasteiger charge is 2.13. The van der Waals surface area contributed by atoms with Crippen molar-refractivity contribution < 1.29 is 4.39 Å². The van der Waals surface area contributed by atoms with E-state index in [-0.39, 0.29) is 17.9 Å². The van der Waals surface area contributed by atoms with E-state index in [0.717, 1.165) is 5.56 Å². The Morgan fingerprint density at radius 2 is 1.68 bits per heavy atom. The molecule has 2 rings (SSSR count). The summed E-state index contributed by atoms with van der Waals surface area (Å²) < 4.78 is 13.0. The van der Waals surface area contributed by atoms with E-state index in [1.165, 1.54) is 17.7 Å². The van der Waals surface area contributed by atoms with Crippen LogP contribution in [0.5, 0.6) is 0 Å². The highest BCUT2D eigenvalue weighted by molar-refractivity contribution is 6.31. The lowest BCUT2D eigenvalue weighted by Gasteiger charge is -2.21. The number of benzene rings is 2. The summed E-state index contributed by atoms with van der Waals surface area (Å²) in [5, 5.41) is 3.92. The Morgan fingerprint density at radius 1 is 1.00 bits per heavy atom. The monoisotopic (exact) mass is 277 g/mol. The molecule has 0 radical (unpaired) electrons. The lowest BCUT2D eigenvalue weighted by atomic mass is 10.0. The topological polar surface area (TPSA) is 12.0 Å². The quantitative estimate of drug-likeness (QED) is 0.839. The summed E-state index contributed by atoms with van der Waals surface area (Å²) in [6.45, 7) is 4.13. The maximum Gasteiger partial charge on any atom is 0.124 e. The standard InChI is InChI=1S/C16H17ClFN/c1-11(13-6-4-3-5-7-13)19-12(2)15-9-8-14(18)10-16(15)17/h3-12,19H,1-2H3. The lowest BCUT2D eigenvalue weighted by molar-refractivity contribution is 0.494. The largest absolute Gasteiger partial charge is 0.304 e. The summed E-state index contributed by atoms with van der Waals surface area (Å²) in [6.07, 6.45) is 0. The van der Waals surface area contributed by atoms with Crippen molar-refractivity contribution in [1.29, 1.82) is 0 Å². The molecule has 2 atom stereocenters. The van der Waals surface area contributed by atoms with Gasteiger partial charge in [0.25, 0.3) is 0 Å². The molecule has 0 aliphatic carbocycles. The molecule has 0 saturated heterocycles. The number of rotatable bonds is 4. The minimum atomic E-state index is -0.308. The Morgan fingerprint density at radius 3 is 2.32 bits per heavy atom. The minimum absolute atomic E-state index is 0.0586. The van der Waals surface area contributed by atoms with Crippen LogP contribution in [-0.2, 0) is 0 Å². The molecular weight excluding hydrogens is 261 g/mol. The third-order valence-electron chi connectivity index (χ3n) is 3.23. The van der Waals surface area contributed by atoms with E-state index in [1.807, 2.05) is 25.1 Å². The number of hydrogen-bond donors (Lipinski definition) is 1. The smallest absolute Gasteiger partial charge is 0.124 e. The van der Waals surface area contributed by atoms with Crippen LogP contribution in [0, 0.1) is 5.82 Å². The van der Waals surface area contributed by atoms with Crippen molar-refractivity contribution >= 4 is 11.6 Å². The SMILES string of the molecule is CC(NC(C)c1ccc(F)cc1Cl)c1ccccc1. The molecule has 19 heavy (non-hydrogen) atoms. The summed E-state index contributed by atoms with van der Waals surface area (Å²) in [6, 6.07) is 15.0. The minimum Gasteiger partial charge on any atom is -0.304 e. The maximum absolute atomic E-state index is 13.0. The second kappa shape index (κ2) is 6.18. The first-order valence-electron chi connectivity index (χ1n) is 6.34. The number of hydrogen-bond acceptors (Lipinski definition) is 1. The van der Waals surface area contributed by atoms with Crippen molar-refractivity contribution in [1.82, 2.24) is 5.32 Å². The van der Waals surface area contributed by atoms with Crippen molar-refractivity contribution in [3.63, 3.8) is 0 Å². The second-order valence-corrected chi connectivity index (χ2v) is 5.09. The Balaban J connectivity index is 2.10. The predicted molar refractivity (Wildman–Crippen MR) is 77.8 cm³/mol. The van der Waals surface area contributed by atoms with Crippen LogP contribution < -0.4 is 5.32 Å². The fourth-order valence-corrected chi connectivity index (χ4v) is 2.49. The van der Waals surface area contributed by atoms with Crippen LogP contribution in [0.25, 0.3) is 0 Å². The second-order valence-electron chi connectivity index (χ2n) is 4.69. The van der Waals surface area contributed by atoms with Gasteiger partial charge in [-0.1, -0.05) is 48.0 Å². The first-order valence-corrected chi connectivity index (χ1v) is 6.71. The molecular formula is C16H17ClFN. The van der Waals surface area contributed by atoms with Gasteiger partial charge in [-0.3, -0.25) is 0 Å². The fourth-order valence-electron chi connectivity index (χ4n) is 2.16. The van der Waals surface area contributed by atoms with Gasteiger partial charge in [-0.05, 0) is 37.1 Å². The Hall–Kier alpha value is -1.38. The molecule has 1 nitrogen and oxygen atoms in total. The van der Waals surface area contributed by atoms with E-state index in [9.17, 15) is 4.39 Å². The van der Waals surface area contributed by atoms with E-state index in [0.29, 0.717) is 5.02 Å². The molecule has 0 spiro atoms. The van der Waals surface area contributed by atoms with E-state index < -0.39 is 0 Å². The molecule has 0 saturated carbocycles. The van der Waals surface area contributed by atoms with E-state index in [1.54, 1.807) is 6.07 Å². The summed E-state index contributed by atoms with van der Waals surface area (Å²) in [7, 11) is 0. The molecule has 0 aliphatic heterocycles. The highest BCUT2D eigenvalue weighted by Crippen LogP contribution is 2.26. The van der Waals surface area contributed by atoms with Crippen molar-refractivity contribution in [3.05, 3.63) is 70.5 Å². The highest BCUT2D eigenvalue weighted by atomic mass is 35.5. The third-order valence-corrected chi connectivity index (χ3v) is 3.56.